The first kappa shape index (κ1) is 11.8. The van der Waals surface area contributed by atoms with Gasteiger partial charge in [-0.15, -0.1) is 0 Å². The van der Waals surface area contributed by atoms with Crippen molar-refractivity contribution in [1.29, 1.82) is 0 Å². The van der Waals surface area contributed by atoms with E-state index >= 15 is 0 Å². The zero-order valence-electron chi connectivity index (χ0n) is 10.4. The molecule has 0 radical (unpaired) electrons. The van der Waals surface area contributed by atoms with Crippen LogP contribution in [0.2, 0.25) is 0 Å². The Morgan fingerprint density at radius 3 is 2.47 bits per heavy atom. The first-order valence-corrected chi connectivity index (χ1v) is 5.64. The Morgan fingerprint density at radius 1 is 1.18 bits per heavy atom. The molecule has 17 heavy (non-hydrogen) atoms. The maximum absolute atomic E-state index is 11.7. The van der Waals surface area contributed by atoms with Crippen LogP contribution < -0.4 is 14.4 Å². The van der Waals surface area contributed by atoms with Gasteiger partial charge in [0.05, 0.1) is 19.9 Å². The van der Waals surface area contributed by atoms with Crippen LogP contribution in [0.4, 0.5) is 5.69 Å². The van der Waals surface area contributed by atoms with Gasteiger partial charge in [0, 0.05) is 32.0 Å². The molecule has 4 nitrogen and oxygen atoms in total. The van der Waals surface area contributed by atoms with Crippen molar-refractivity contribution in [1.82, 2.24) is 0 Å². The third-order valence-electron chi connectivity index (χ3n) is 3.12. The van der Waals surface area contributed by atoms with E-state index in [0.717, 1.165) is 29.3 Å². The average Bonchev–Trinajstić information content (AvgIpc) is 2.48. The molecule has 0 fully saturated rings. The molecular weight excluding hydrogens is 218 g/mol. The van der Waals surface area contributed by atoms with Crippen molar-refractivity contribution in [2.75, 3.05) is 32.7 Å². The van der Waals surface area contributed by atoms with E-state index in [1.165, 1.54) is 0 Å². The lowest BCUT2D eigenvalue weighted by Gasteiger charge is -2.23. The summed E-state index contributed by atoms with van der Waals surface area (Å²) in [6, 6.07) is 3.73. The number of rotatable bonds is 2. The summed E-state index contributed by atoms with van der Waals surface area (Å²) in [4.78, 5) is 13.8. The van der Waals surface area contributed by atoms with E-state index in [1.54, 1.807) is 14.2 Å². The predicted octanol–water partition coefficient (Wildman–Crippen LogP) is 1.66. The molecule has 0 atom stereocenters. The molecular formula is C13H17NO3. The highest BCUT2D eigenvalue weighted by atomic mass is 16.5. The molecule has 2 rings (SSSR count). The van der Waals surface area contributed by atoms with Crippen molar-refractivity contribution in [3.63, 3.8) is 0 Å². The minimum absolute atomic E-state index is 0.238. The van der Waals surface area contributed by atoms with Gasteiger partial charge in [0.15, 0.2) is 0 Å². The number of anilines is 1. The summed E-state index contributed by atoms with van der Waals surface area (Å²) in [5, 5.41) is 0. The maximum Gasteiger partial charge on any atom is 0.142 e. The topological polar surface area (TPSA) is 38.8 Å². The molecule has 0 unspecified atom stereocenters. The number of benzene rings is 1. The van der Waals surface area contributed by atoms with Gasteiger partial charge in [0.2, 0.25) is 0 Å². The lowest BCUT2D eigenvalue weighted by molar-refractivity contribution is -0.118. The van der Waals surface area contributed by atoms with E-state index in [1.807, 2.05) is 19.2 Å². The molecule has 0 spiro atoms. The normalized spacial score (nSPS) is 15.2. The second kappa shape index (κ2) is 4.65. The van der Waals surface area contributed by atoms with Gasteiger partial charge in [-0.1, -0.05) is 0 Å². The predicted molar refractivity (Wildman–Crippen MR) is 66.1 cm³/mol. The molecule has 1 aliphatic rings. The number of Topliss-reactive ketones (excluding diaryl/α,β-unsaturated/α-hetero) is 1. The second-order valence-corrected chi connectivity index (χ2v) is 4.18. The lowest BCUT2D eigenvalue weighted by Crippen LogP contribution is -2.19. The third kappa shape index (κ3) is 2.07. The minimum atomic E-state index is 0.238. The van der Waals surface area contributed by atoms with Crippen molar-refractivity contribution < 1.29 is 14.3 Å². The van der Waals surface area contributed by atoms with E-state index in [4.69, 9.17) is 9.47 Å². The molecule has 0 bridgehead atoms. The fraction of sp³-hybridized carbons (Fsp3) is 0.462. The Labute approximate surface area is 101 Å². The molecule has 0 aliphatic carbocycles. The molecule has 0 saturated heterocycles. The second-order valence-electron chi connectivity index (χ2n) is 4.18. The molecule has 1 aromatic rings. The zero-order chi connectivity index (χ0) is 12.4. The third-order valence-corrected chi connectivity index (χ3v) is 3.12. The molecule has 0 saturated carbocycles. The highest BCUT2D eigenvalue weighted by Gasteiger charge is 2.23. The SMILES string of the molecule is COc1ccc(OC)c2c1CC(=O)CCN2C. The van der Waals surface area contributed by atoms with Crippen molar-refractivity contribution in [3.05, 3.63) is 17.7 Å². The number of ether oxygens (including phenoxy) is 2. The van der Waals surface area contributed by atoms with Crippen molar-refractivity contribution >= 4 is 11.5 Å². The Hall–Kier alpha value is -1.71. The first-order chi connectivity index (χ1) is 8.17. The van der Waals surface area contributed by atoms with Gasteiger partial charge < -0.3 is 14.4 Å². The summed E-state index contributed by atoms with van der Waals surface area (Å²) in [6.45, 7) is 0.718. The largest absolute Gasteiger partial charge is 0.496 e. The fourth-order valence-electron chi connectivity index (χ4n) is 2.23. The highest BCUT2D eigenvalue weighted by Crippen LogP contribution is 2.39. The average molecular weight is 235 g/mol. The van der Waals surface area contributed by atoms with Crippen LogP contribution >= 0.6 is 0 Å². The number of hydrogen-bond acceptors (Lipinski definition) is 4. The van der Waals surface area contributed by atoms with Crippen LogP contribution in [0.25, 0.3) is 0 Å². The summed E-state index contributed by atoms with van der Waals surface area (Å²) >= 11 is 0. The van der Waals surface area contributed by atoms with E-state index in [9.17, 15) is 4.79 Å². The van der Waals surface area contributed by atoms with Crippen molar-refractivity contribution in [2.24, 2.45) is 0 Å². The molecule has 92 valence electrons. The summed E-state index contributed by atoms with van der Waals surface area (Å²) in [5.41, 5.74) is 1.90. The Bertz CT molecular complexity index is 443. The van der Waals surface area contributed by atoms with Crippen LogP contribution in [0, 0.1) is 0 Å². The number of fused-ring (bicyclic) bond motifs is 1. The van der Waals surface area contributed by atoms with Crippen LogP contribution in [0.15, 0.2) is 12.1 Å². The van der Waals surface area contributed by atoms with Crippen molar-refractivity contribution in [3.8, 4) is 11.5 Å². The Morgan fingerprint density at radius 2 is 1.82 bits per heavy atom. The zero-order valence-corrected chi connectivity index (χ0v) is 10.4. The number of ketones is 1. The van der Waals surface area contributed by atoms with Gasteiger partial charge in [0.25, 0.3) is 0 Å². The first-order valence-electron chi connectivity index (χ1n) is 5.64. The molecule has 1 heterocycles. The Kier molecular flexibility index (Phi) is 3.22. The van der Waals surface area contributed by atoms with Crippen LogP contribution in [-0.4, -0.2) is 33.6 Å². The molecule has 1 aliphatic heterocycles. The number of carbonyl (C=O) groups is 1. The molecule has 0 aromatic heterocycles. The van der Waals surface area contributed by atoms with Crippen molar-refractivity contribution in [2.45, 2.75) is 12.8 Å². The van der Waals surface area contributed by atoms with Gasteiger partial charge in [-0.05, 0) is 12.1 Å². The van der Waals surface area contributed by atoms with E-state index in [2.05, 4.69) is 4.90 Å². The van der Waals surface area contributed by atoms with Gasteiger partial charge in [-0.3, -0.25) is 4.79 Å². The van der Waals surface area contributed by atoms with Crippen LogP contribution in [0.3, 0.4) is 0 Å². The fourth-order valence-corrected chi connectivity index (χ4v) is 2.23. The van der Waals surface area contributed by atoms with Gasteiger partial charge in [-0.2, -0.15) is 0 Å². The smallest absolute Gasteiger partial charge is 0.142 e. The Balaban J connectivity index is 2.61. The number of methoxy groups -OCH3 is 2. The summed E-state index contributed by atoms with van der Waals surface area (Å²) in [7, 11) is 5.24. The molecule has 0 N–H and O–H groups in total. The van der Waals surface area contributed by atoms with Crippen LogP contribution in [0.5, 0.6) is 11.5 Å². The lowest BCUT2D eigenvalue weighted by atomic mass is 10.0. The van der Waals surface area contributed by atoms with Crippen LogP contribution in [0.1, 0.15) is 12.0 Å². The minimum Gasteiger partial charge on any atom is -0.496 e. The monoisotopic (exact) mass is 235 g/mol. The van der Waals surface area contributed by atoms with E-state index in [-0.39, 0.29) is 5.78 Å². The highest BCUT2D eigenvalue weighted by molar-refractivity contribution is 5.87. The standard InChI is InChI=1S/C13H17NO3/c1-14-7-6-9(15)8-10-11(16-2)4-5-12(17-3)13(10)14/h4-5H,6-8H2,1-3H3. The van der Waals surface area contributed by atoms with E-state index < -0.39 is 0 Å². The summed E-state index contributed by atoms with van der Waals surface area (Å²) in [6.07, 6.45) is 0.984. The number of carbonyl (C=O) groups excluding carboxylic acids is 1. The van der Waals surface area contributed by atoms with Gasteiger partial charge >= 0.3 is 0 Å². The van der Waals surface area contributed by atoms with Crippen LogP contribution in [-0.2, 0) is 11.2 Å². The number of hydrogen-bond donors (Lipinski definition) is 0. The quantitative estimate of drug-likeness (QED) is 0.781. The molecule has 4 heteroatoms. The van der Waals surface area contributed by atoms with Gasteiger partial charge in [0.1, 0.15) is 17.3 Å². The van der Waals surface area contributed by atoms with Gasteiger partial charge in [-0.25, -0.2) is 0 Å². The summed E-state index contributed by atoms with van der Waals surface area (Å²) in [5.74, 6) is 1.78. The van der Waals surface area contributed by atoms with E-state index in [0.29, 0.717) is 12.8 Å². The molecule has 1 aromatic carbocycles. The summed E-state index contributed by atoms with van der Waals surface area (Å²) < 4.78 is 10.7. The maximum atomic E-state index is 11.7. The number of nitrogens with zero attached hydrogens (tertiary/aromatic N) is 1. The molecule has 0 amide bonds.